The molecule has 1 aromatic carbocycles. The highest BCUT2D eigenvalue weighted by Gasteiger charge is 2.07. The summed E-state index contributed by atoms with van der Waals surface area (Å²) in [7, 11) is 0. The van der Waals surface area contributed by atoms with E-state index in [1.807, 2.05) is 0 Å². The second-order valence-corrected chi connectivity index (χ2v) is 3.81. The average Bonchev–Trinajstić information content (AvgIpc) is 2.36. The lowest BCUT2D eigenvalue weighted by molar-refractivity contribution is -0.135. The molecule has 1 rings (SSSR count). The molecule has 18 heavy (non-hydrogen) atoms. The van der Waals surface area contributed by atoms with Gasteiger partial charge in [-0.25, -0.2) is 0 Å². The number of carbonyl (C=O) groups excluding carboxylic acids is 1. The highest BCUT2D eigenvalue weighted by molar-refractivity contribution is 5.96. The Morgan fingerprint density at radius 2 is 2.17 bits per heavy atom. The van der Waals surface area contributed by atoms with Crippen LogP contribution in [0.4, 0.5) is 0 Å². The topological polar surface area (TPSA) is 75.6 Å². The van der Waals surface area contributed by atoms with Gasteiger partial charge in [0.2, 0.25) is 0 Å². The first-order valence-electron chi connectivity index (χ1n) is 5.86. The van der Waals surface area contributed by atoms with Crippen LogP contribution in [0.3, 0.4) is 0 Å². The molecule has 2 N–H and O–H groups in total. The number of amides is 1. The van der Waals surface area contributed by atoms with Crippen LogP contribution in [-0.2, 0) is 4.79 Å². The van der Waals surface area contributed by atoms with Crippen LogP contribution in [-0.4, -0.2) is 30.1 Å². The molecule has 5 heteroatoms. The van der Waals surface area contributed by atoms with Gasteiger partial charge in [-0.05, 0) is 24.6 Å². The van der Waals surface area contributed by atoms with Crippen molar-refractivity contribution in [3.05, 3.63) is 29.8 Å². The van der Waals surface area contributed by atoms with E-state index in [9.17, 15) is 9.59 Å². The van der Waals surface area contributed by atoms with Gasteiger partial charge in [0.25, 0.3) is 5.91 Å². The van der Waals surface area contributed by atoms with Gasteiger partial charge in [-0.2, -0.15) is 0 Å². The van der Waals surface area contributed by atoms with Gasteiger partial charge in [0.1, 0.15) is 12.3 Å². The molecule has 0 aliphatic heterocycles. The van der Waals surface area contributed by atoms with Gasteiger partial charge in [0.15, 0.2) is 0 Å². The van der Waals surface area contributed by atoms with Gasteiger partial charge in [-0.1, -0.05) is 19.4 Å². The summed E-state index contributed by atoms with van der Waals surface area (Å²) in [5.74, 6) is -0.872. The summed E-state index contributed by atoms with van der Waals surface area (Å²) in [6.07, 6.45) is 1.99. The third kappa shape index (κ3) is 4.86. The zero-order chi connectivity index (χ0) is 13.4. The Labute approximate surface area is 106 Å². The Balaban J connectivity index is 2.57. The first-order valence-corrected chi connectivity index (χ1v) is 5.86. The number of carboxylic acids is 1. The number of ether oxygens (including phenoxy) is 1. The first-order chi connectivity index (χ1) is 8.63. The van der Waals surface area contributed by atoms with Crippen LogP contribution < -0.4 is 10.1 Å². The molecule has 0 radical (unpaired) electrons. The number of unbranched alkanes of at least 4 members (excludes halogenated alkanes) is 1. The van der Waals surface area contributed by atoms with Gasteiger partial charge < -0.3 is 15.2 Å². The van der Waals surface area contributed by atoms with Crippen LogP contribution in [0.15, 0.2) is 24.3 Å². The van der Waals surface area contributed by atoms with Crippen LogP contribution in [0.1, 0.15) is 30.1 Å². The maximum absolute atomic E-state index is 11.6. The minimum Gasteiger partial charge on any atom is -0.494 e. The summed E-state index contributed by atoms with van der Waals surface area (Å²) in [5.41, 5.74) is 0.394. The Morgan fingerprint density at radius 1 is 1.39 bits per heavy atom. The normalized spacial score (nSPS) is 9.83. The van der Waals surface area contributed by atoms with Crippen molar-refractivity contribution in [3.63, 3.8) is 0 Å². The van der Waals surface area contributed by atoms with Crippen LogP contribution >= 0.6 is 0 Å². The van der Waals surface area contributed by atoms with Crippen LogP contribution in [0, 0.1) is 0 Å². The Morgan fingerprint density at radius 3 is 2.83 bits per heavy atom. The average molecular weight is 251 g/mol. The van der Waals surface area contributed by atoms with Crippen molar-refractivity contribution in [2.75, 3.05) is 13.2 Å². The second kappa shape index (κ2) is 7.32. The maximum Gasteiger partial charge on any atom is 0.322 e. The highest BCUT2D eigenvalue weighted by Crippen LogP contribution is 2.13. The number of benzene rings is 1. The third-order valence-electron chi connectivity index (χ3n) is 2.26. The Kier molecular flexibility index (Phi) is 5.70. The number of carbonyl (C=O) groups is 2. The van der Waals surface area contributed by atoms with Crippen molar-refractivity contribution in [3.8, 4) is 5.75 Å². The van der Waals surface area contributed by atoms with Gasteiger partial charge in [0, 0.05) is 5.56 Å². The standard InChI is InChI=1S/C13H17NO4/c1-2-3-7-18-11-6-4-5-10(8-11)13(17)14-9-12(15)16/h4-6,8H,2-3,7,9H2,1H3,(H,14,17)(H,15,16). The molecule has 0 aliphatic rings. The van der Waals surface area contributed by atoms with E-state index in [2.05, 4.69) is 12.2 Å². The van der Waals surface area contributed by atoms with Gasteiger partial charge in [0.05, 0.1) is 6.61 Å². The third-order valence-corrected chi connectivity index (χ3v) is 2.26. The summed E-state index contributed by atoms with van der Waals surface area (Å²) in [4.78, 5) is 21.9. The lowest BCUT2D eigenvalue weighted by Crippen LogP contribution is -2.29. The van der Waals surface area contributed by atoms with Crippen LogP contribution in [0.5, 0.6) is 5.75 Å². The summed E-state index contributed by atoms with van der Waals surface area (Å²) >= 11 is 0. The second-order valence-electron chi connectivity index (χ2n) is 3.81. The number of nitrogens with one attached hydrogen (secondary N) is 1. The number of hydrogen-bond donors (Lipinski definition) is 2. The fourth-order valence-corrected chi connectivity index (χ4v) is 1.32. The van der Waals surface area contributed by atoms with Gasteiger partial charge >= 0.3 is 5.97 Å². The fourth-order valence-electron chi connectivity index (χ4n) is 1.32. The molecule has 0 saturated heterocycles. The van der Waals surface area contributed by atoms with E-state index in [4.69, 9.17) is 9.84 Å². The molecular weight excluding hydrogens is 234 g/mol. The predicted molar refractivity (Wildman–Crippen MR) is 66.8 cm³/mol. The molecule has 0 saturated carbocycles. The SMILES string of the molecule is CCCCOc1cccc(C(=O)NCC(=O)O)c1. The molecule has 5 nitrogen and oxygen atoms in total. The molecule has 0 aromatic heterocycles. The summed E-state index contributed by atoms with van der Waals surface area (Å²) in [6, 6.07) is 6.69. The number of rotatable bonds is 7. The van der Waals surface area contributed by atoms with Crippen molar-refractivity contribution < 1.29 is 19.4 Å². The summed E-state index contributed by atoms with van der Waals surface area (Å²) in [5, 5.41) is 10.8. The monoisotopic (exact) mass is 251 g/mol. The van der Waals surface area contributed by atoms with Gasteiger partial charge in [-0.15, -0.1) is 0 Å². The molecule has 1 aromatic rings. The minimum absolute atomic E-state index is 0.389. The van der Waals surface area contributed by atoms with E-state index < -0.39 is 11.9 Å². The first kappa shape index (κ1) is 14.0. The molecule has 0 heterocycles. The predicted octanol–water partition coefficient (Wildman–Crippen LogP) is 1.68. The Hall–Kier alpha value is -2.04. The van der Waals surface area contributed by atoms with E-state index in [0.717, 1.165) is 12.8 Å². The number of hydrogen-bond acceptors (Lipinski definition) is 3. The Bertz CT molecular complexity index is 417. The molecule has 98 valence electrons. The number of carboxylic acid groups (broad SMARTS) is 1. The van der Waals surface area contributed by atoms with Crippen molar-refractivity contribution in [2.45, 2.75) is 19.8 Å². The van der Waals surface area contributed by atoms with E-state index in [0.29, 0.717) is 17.9 Å². The molecule has 0 atom stereocenters. The molecule has 0 fully saturated rings. The van der Waals surface area contributed by atoms with E-state index in [1.54, 1.807) is 24.3 Å². The largest absolute Gasteiger partial charge is 0.494 e. The van der Waals surface area contributed by atoms with Crippen LogP contribution in [0.2, 0.25) is 0 Å². The minimum atomic E-state index is -1.07. The van der Waals surface area contributed by atoms with E-state index in [1.165, 1.54) is 0 Å². The zero-order valence-electron chi connectivity index (χ0n) is 10.3. The van der Waals surface area contributed by atoms with Crippen molar-refractivity contribution in [1.82, 2.24) is 5.32 Å². The summed E-state index contributed by atoms with van der Waals surface area (Å²) < 4.78 is 5.47. The lowest BCUT2D eigenvalue weighted by Gasteiger charge is -2.07. The molecule has 0 aliphatic carbocycles. The zero-order valence-corrected chi connectivity index (χ0v) is 10.3. The van der Waals surface area contributed by atoms with E-state index in [-0.39, 0.29) is 6.54 Å². The van der Waals surface area contributed by atoms with Gasteiger partial charge in [-0.3, -0.25) is 9.59 Å². The molecule has 0 bridgehead atoms. The number of aliphatic carboxylic acids is 1. The van der Waals surface area contributed by atoms with E-state index >= 15 is 0 Å². The summed E-state index contributed by atoms with van der Waals surface area (Å²) in [6.45, 7) is 2.29. The van der Waals surface area contributed by atoms with Crippen LogP contribution in [0.25, 0.3) is 0 Å². The van der Waals surface area contributed by atoms with Crippen molar-refractivity contribution in [1.29, 1.82) is 0 Å². The molecule has 1 amide bonds. The fraction of sp³-hybridized carbons (Fsp3) is 0.385. The lowest BCUT2D eigenvalue weighted by atomic mass is 10.2. The highest BCUT2D eigenvalue weighted by atomic mass is 16.5. The molecule has 0 unspecified atom stereocenters. The smallest absolute Gasteiger partial charge is 0.322 e. The van der Waals surface area contributed by atoms with Crippen molar-refractivity contribution >= 4 is 11.9 Å². The maximum atomic E-state index is 11.6. The molecular formula is C13H17NO4. The molecule has 0 spiro atoms. The van der Waals surface area contributed by atoms with Crippen molar-refractivity contribution in [2.24, 2.45) is 0 Å². The quantitative estimate of drug-likeness (QED) is 0.723.